The van der Waals surface area contributed by atoms with Crippen molar-refractivity contribution in [2.75, 3.05) is 0 Å². The topological polar surface area (TPSA) is 48.6 Å². The van der Waals surface area contributed by atoms with Crippen molar-refractivity contribution in [2.24, 2.45) is 0 Å². The van der Waals surface area contributed by atoms with Gasteiger partial charge >= 0.3 is 0 Å². The Bertz CT molecular complexity index is 173. The molecule has 0 atom stereocenters. The van der Waals surface area contributed by atoms with Gasteiger partial charge in [-0.15, -0.1) is 5.10 Å². The van der Waals surface area contributed by atoms with Crippen molar-refractivity contribution < 1.29 is 5.11 Å². The first-order chi connectivity index (χ1) is 3.72. The SMILES string of the molecule is Cc1[nH]nc([O])c1C. The maximum Gasteiger partial charge on any atom is 0.290 e. The Kier molecular flexibility index (Phi) is 0.970. The number of nitrogens with zero attached hydrogens (tertiary/aromatic N) is 1. The maximum absolute atomic E-state index is 10.5. The first-order valence-corrected chi connectivity index (χ1v) is 2.40. The van der Waals surface area contributed by atoms with Crippen molar-refractivity contribution in [3.63, 3.8) is 0 Å². The average molecular weight is 111 g/mol. The van der Waals surface area contributed by atoms with Gasteiger partial charge in [-0.05, 0) is 13.8 Å². The van der Waals surface area contributed by atoms with E-state index >= 15 is 0 Å². The number of aryl methyl sites for hydroxylation is 1. The Morgan fingerprint density at radius 3 is 2.25 bits per heavy atom. The quantitative estimate of drug-likeness (QED) is 0.536. The Morgan fingerprint density at radius 2 is 2.12 bits per heavy atom. The second-order valence-corrected chi connectivity index (χ2v) is 1.78. The smallest absolute Gasteiger partial charge is 0.279 e. The van der Waals surface area contributed by atoms with E-state index in [0.29, 0.717) is 5.56 Å². The second kappa shape index (κ2) is 1.51. The van der Waals surface area contributed by atoms with Crippen LogP contribution in [-0.4, -0.2) is 10.2 Å². The van der Waals surface area contributed by atoms with Crippen LogP contribution in [-0.2, 0) is 5.11 Å². The van der Waals surface area contributed by atoms with E-state index in [1.807, 2.05) is 6.92 Å². The summed E-state index contributed by atoms with van der Waals surface area (Å²) in [6.07, 6.45) is 0. The van der Waals surface area contributed by atoms with E-state index in [1.54, 1.807) is 6.92 Å². The molecule has 0 bridgehead atoms. The van der Waals surface area contributed by atoms with Crippen molar-refractivity contribution in [2.45, 2.75) is 13.8 Å². The number of hydrogen-bond donors (Lipinski definition) is 1. The number of hydrogen-bond acceptors (Lipinski definition) is 1. The fraction of sp³-hybridized carbons (Fsp3) is 0.400. The summed E-state index contributed by atoms with van der Waals surface area (Å²) in [4.78, 5) is 0. The van der Waals surface area contributed by atoms with E-state index in [-0.39, 0.29) is 5.88 Å². The summed E-state index contributed by atoms with van der Waals surface area (Å²) in [7, 11) is 0. The number of rotatable bonds is 0. The molecule has 0 saturated heterocycles. The van der Waals surface area contributed by atoms with Crippen molar-refractivity contribution in [3.05, 3.63) is 11.3 Å². The minimum atomic E-state index is -0.150. The highest BCUT2D eigenvalue weighted by atomic mass is 16.3. The Morgan fingerprint density at radius 1 is 1.50 bits per heavy atom. The van der Waals surface area contributed by atoms with Gasteiger partial charge in [-0.1, -0.05) is 0 Å². The van der Waals surface area contributed by atoms with Gasteiger partial charge in [-0.25, -0.2) is 0 Å². The van der Waals surface area contributed by atoms with E-state index in [4.69, 9.17) is 0 Å². The van der Waals surface area contributed by atoms with E-state index in [1.165, 1.54) is 0 Å². The lowest BCUT2D eigenvalue weighted by molar-refractivity contribution is 0.334. The monoisotopic (exact) mass is 111 g/mol. The van der Waals surface area contributed by atoms with Crippen molar-refractivity contribution in [1.29, 1.82) is 0 Å². The third-order valence-corrected chi connectivity index (χ3v) is 1.21. The van der Waals surface area contributed by atoms with Gasteiger partial charge < -0.3 is 0 Å². The second-order valence-electron chi connectivity index (χ2n) is 1.78. The molecule has 1 heterocycles. The highest BCUT2D eigenvalue weighted by Crippen LogP contribution is 2.13. The molecule has 0 aliphatic heterocycles. The summed E-state index contributed by atoms with van der Waals surface area (Å²) in [6.45, 7) is 3.57. The third kappa shape index (κ3) is 0.559. The highest BCUT2D eigenvalue weighted by Gasteiger charge is 2.02. The van der Waals surface area contributed by atoms with E-state index in [0.717, 1.165) is 5.69 Å². The zero-order chi connectivity index (χ0) is 6.15. The molecule has 1 N–H and O–H groups in total. The fourth-order valence-corrected chi connectivity index (χ4v) is 0.463. The van der Waals surface area contributed by atoms with Crippen LogP contribution in [0.1, 0.15) is 11.3 Å². The van der Waals surface area contributed by atoms with Crippen LogP contribution in [0.4, 0.5) is 0 Å². The van der Waals surface area contributed by atoms with Crippen molar-refractivity contribution >= 4 is 0 Å². The Labute approximate surface area is 47.4 Å². The molecule has 0 aromatic carbocycles. The lowest BCUT2D eigenvalue weighted by Crippen LogP contribution is -1.70. The standard InChI is InChI=1S/C5H7N2O/c1-3-4(2)6-7-5(3)8/h1-2H3,(H,6,7). The van der Waals surface area contributed by atoms with Crippen molar-refractivity contribution in [1.82, 2.24) is 10.2 Å². The summed E-state index contributed by atoms with van der Waals surface area (Å²) in [5.74, 6) is -0.150. The van der Waals surface area contributed by atoms with E-state index in [9.17, 15) is 5.11 Å². The molecule has 0 aliphatic rings. The first-order valence-electron chi connectivity index (χ1n) is 2.40. The molecular weight excluding hydrogens is 104 g/mol. The molecule has 0 saturated carbocycles. The maximum atomic E-state index is 10.5. The molecule has 1 aromatic rings. The Hall–Kier alpha value is -0.990. The normalized spacial score (nSPS) is 9.75. The molecule has 1 rings (SSSR count). The number of aromatic nitrogens is 2. The zero-order valence-electron chi connectivity index (χ0n) is 4.86. The van der Waals surface area contributed by atoms with Crippen LogP contribution in [0.5, 0.6) is 5.88 Å². The molecule has 0 unspecified atom stereocenters. The van der Waals surface area contributed by atoms with Gasteiger partial charge in [0.25, 0.3) is 5.88 Å². The van der Waals surface area contributed by atoms with Crippen LogP contribution < -0.4 is 0 Å². The number of H-pyrrole nitrogens is 1. The summed E-state index contributed by atoms with van der Waals surface area (Å²) >= 11 is 0. The average Bonchev–Trinajstić information content (AvgIpc) is 1.98. The zero-order valence-corrected chi connectivity index (χ0v) is 4.86. The summed E-state index contributed by atoms with van der Waals surface area (Å²) < 4.78 is 0. The van der Waals surface area contributed by atoms with Gasteiger partial charge in [-0.3, -0.25) is 10.2 Å². The molecule has 1 aromatic heterocycles. The molecule has 0 fully saturated rings. The molecule has 0 amide bonds. The van der Waals surface area contributed by atoms with Gasteiger partial charge in [0, 0.05) is 11.3 Å². The van der Waals surface area contributed by atoms with Crippen LogP contribution in [0, 0.1) is 13.8 Å². The molecular formula is C5H7N2O. The summed E-state index contributed by atoms with van der Waals surface area (Å²) in [5, 5.41) is 16.5. The van der Waals surface area contributed by atoms with Gasteiger partial charge in [0.2, 0.25) is 0 Å². The van der Waals surface area contributed by atoms with Gasteiger partial charge in [0.1, 0.15) is 0 Å². The first kappa shape index (κ1) is 5.15. The largest absolute Gasteiger partial charge is 0.290 e. The molecule has 43 valence electrons. The van der Waals surface area contributed by atoms with Gasteiger partial charge in [0.05, 0.1) is 0 Å². The molecule has 0 aliphatic carbocycles. The number of aromatic amines is 1. The van der Waals surface area contributed by atoms with Crippen LogP contribution in [0.3, 0.4) is 0 Å². The van der Waals surface area contributed by atoms with Crippen molar-refractivity contribution in [3.8, 4) is 5.88 Å². The Balaban J connectivity index is 3.19. The highest BCUT2D eigenvalue weighted by molar-refractivity contribution is 5.25. The minimum absolute atomic E-state index is 0.150. The molecule has 3 nitrogen and oxygen atoms in total. The third-order valence-electron chi connectivity index (χ3n) is 1.21. The van der Waals surface area contributed by atoms with Crippen LogP contribution in [0.25, 0.3) is 0 Å². The van der Waals surface area contributed by atoms with Gasteiger partial charge in [-0.2, -0.15) is 0 Å². The molecule has 8 heavy (non-hydrogen) atoms. The fourth-order valence-electron chi connectivity index (χ4n) is 0.463. The predicted molar refractivity (Wildman–Crippen MR) is 28.2 cm³/mol. The van der Waals surface area contributed by atoms with Crippen LogP contribution in [0.2, 0.25) is 0 Å². The van der Waals surface area contributed by atoms with E-state index < -0.39 is 0 Å². The number of nitrogens with one attached hydrogen (secondary N) is 1. The van der Waals surface area contributed by atoms with E-state index in [2.05, 4.69) is 10.2 Å². The molecule has 3 heteroatoms. The molecule has 1 radical (unpaired) electrons. The van der Waals surface area contributed by atoms with Gasteiger partial charge in [0.15, 0.2) is 0 Å². The lowest BCUT2D eigenvalue weighted by atomic mass is 10.3. The van der Waals surface area contributed by atoms with Crippen LogP contribution in [0.15, 0.2) is 0 Å². The minimum Gasteiger partial charge on any atom is -0.279 e. The summed E-state index contributed by atoms with van der Waals surface area (Å²) in [6, 6.07) is 0. The van der Waals surface area contributed by atoms with Crippen LogP contribution >= 0.6 is 0 Å². The molecule has 0 spiro atoms. The lowest BCUT2D eigenvalue weighted by Gasteiger charge is -1.80. The predicted octanol–water partition coefficient (Wildman–Crippen LogP) is 1.17. The summed E-state index contributed by atoms with van der Waals surface area (Å²) in [5.41, 5.74) is 1.57.